The van der Waals surface area contributed by atoms with E-state index in [1.807, 2.05) is 36.4 Å². The Kier molecular flexibility index (Phi) is 6.36. The van der Waals surface area contributed by atoms with Gasteiger partial charge in [0.2, 0.25) is 0 Å². The standard InChI is InChI=1S/C21H27N3O2/c1-16-8-3-5-10-19(16)25-14-7-13-23-21(22-2)24-18-12-15-26-20-11-6-4-9-17(18)20/h3-6,8-11,18H,7,12-15H2,1-2H3,(H2,22,23,24). The fraction of sp³-hybridized carbons (Fsp3) is 0.381. The SMILES string of the molecule is CN=C(NCCCOc1ccccc1C)NC1CCOc2ccccc21. The van der Waals surface area contributed by atoms with E-state index in [4.69, 9.17) is 9.47 Å². The van der Waals surface area contributed by atoms with Gasteiger partial charge in [0, 0.05) is 25.6 Å². The molecular formula is C21H27N3O2. The topological polar surface area (TPSA) is 54.9 Å². The van der Waals surface area contributed by atoms with E-state index in [9.17, 15) is 0 Å². The van der Waals surface area contributed by atoms with Gasteiger partial charge in [-0.3, -0.25) is 4.99 Å². The van der Waals surface area contributed by atoms with Crippen LogP contribution in [0.25, 0.3) is 0 Å². The van der Waals surface area contributed by atoms with E-state index in [1.54, 1.807) is 7.05 Å². The fourth-order valence-corrected chi connectivity index (χ4v) is 3.03. The van der Waals surface area contributed by atoms with Crippen molar-refractivity contribution in [2.24, 2.45) is 4.99 Å². The van der Waals surface area contributed by atoms with Gasteiger partial charge >= 0.3 is 0 Å². The molecule has 1 aliphatic rings. The molecule has 2 aromatic carbocycles. The molecular weight excluding hydrogens is 326 g/mol. The van der Waals surface area contributed by atoms with E-state index in [0.717, 1.165) is 49.0 Å². The van der Waals surface area contributed by atoms with Crippen LogP contribution in [0.3, 0.4) is 0 Å². The highest BCUT2D eigenvalue weighted by Gasteiger charge is 2.21. The summed E-state index contributed by atoms with van der Waals surface area (Å²) in [4.78, 5) is 4.34. The average Bonchev–Trinajstić information content (AvgIpc) is 2.68. The number of benzene rings is 2. The van der Waals surface area contributed by atoms with Crippen LogP contribution in [0.1, 0.15) is 30.0 Å². The number of nitrogens with zero attached hydrogens (tertiary/aromatic N) is 1. The second kappa shape index (κ2) is 9.13. The highest BCUT2D eigenvalue weighted by atomic mass is 16.5. The van der Waals surface area contributed by atoms with E-state index < -0.39 is 0 Å². The van der Waals surface area contributed by atoms with E-state index in [1.165, 1.54) is 5.56 Å². The molecule has 2 aromatic rings. The summed E-state index contributed by atoms with van der Waals surface area (Å²) in [6.07, 6.45) is 1.83. The van der Waals surface area contributed by atoms with Crippen LogP contribution >= 0.6 is 0 Å². The molecule has 0 fully saturated rings. The Balaban J connectivity index is 1.44. The molecule has 0 amide bonds. The van der Waals surface area contributed by atoms with Crippen molar-refractivity contribution in [3.05, 3.63) is 59.7 Å². The minimum absolute atomic E-state index is 0.217. The molecule has 0 spiro atoms. The van der Waals surface area contributed by atoms with Crippen LogP contribution in [0, 0.1) is 6.92 Å². The third-order valence-corrected chi connectivity index (χ3v) is 4.46. The van der Waals surface area contributed by atoms with Gasteiger partial charge in [0.05, 0.1) is 19.3 Å². The summed E-state index contributed by atoms with van der Waals surface area (Å²) in [6.45, 7) is 4.26. The average molecular weight is 353 g/mol. The molecule has 1 heterocycles. The van der Waals surface area contributed by atoms with Gasteiger partial charge in [0.25, 0.3) is 0 Å². The van der Waals surface area contributed by atoms with Crippen molar-refractivity contribution < 1.29 is 9.47 Å². The molecule has 2 N–H and O–H groups in total. The molecule has 138 valence electrons. The normalized spacial score (nSPS) is 16.4. The lowest BCUT2D eigenvalue weighted by atomic mass is 10.0. The molecule has 0 aromatic heterocycles. The molecule has 0 saturated heterocycles. The molecule has 0 bridgehead atoms. The number of guanidine groups is 1. The first-order valence-corrected chi connectivity index (χ1v) is 9.15. The zero-order chi connectivity index (χ0) is 18.2. The first kappa shape index (κ1) is 18.1. The zero-order valence-corrected chi connectivity index (χ0v) is 15.5. The van der Waals surface area contributed by atoms with Crippen LogP contribution in [0.15, 0.2) is 53.5 Å². The van der Waals surface area contributed by atoms with Crippen LogP contribution in [-0.4, -0.2) is 32.8 Å². The highest BCUT2D eigenvalue weighted by Crippen LogP contribution is 2.31. The Labute approximate surface area is 155 Å². The maximum Gasteiger partial charge on any atom is 0.191 e. The number of hydrogen-bond donors (Lipinski definition) is 2. The van der Waals surface area contributed by atoms with Crippen molar-refractivity contribution in [3.63, 3.8) is 0 Å². The van der Waals surface area contributed by atoms with Gasteiger partial charge in [0.1, 0.15) is 11.5 Å². The molecule has 0 aliphatic carbocycles. The van der Waals surface area contributed by atoms with Gasteiger partial charge in [-0.1, -0.05) is 36.4 Å². The number of ether oxygens (including phenoxy) is 2. The zero-order valence-electron chi connectivity index (χ0n) is 15.5. The third-order valence-electron chi connectivity index (χ3n) is 4.46. The molecule has 5 nitrogen and oxygen atoms in total. The maximum absolute atomic E-state index is 5.83. The second-order valence-electron chi connectivity index (χ2n) is 6.34. The summed E-state index contributed by atoms with van der Waals surface area (Å²) in [5.74, 6) is 2.72. The molecule has 3 rings (SSSR count). The molecule has 26 heavy (non-hydrogen) atoms. The van der Waals surface area contributed by atoms with Crippen molar-refractivity contribution in [2.75, 3.05) is 26.8 Å². The summed E-state index contributed by atoms with van der Waals surface area (Å²) in [5, 5.41) is 6.86. The molecule has 1 atom stereocenters. The fourth-order valence-electron chi connectivity index (χ4n) is 3.03. The lowest BCUT2D eigenvalue weighted by molar-refractivity contribution is 0.261. The number of hydrogen-bond acceptors (Lipinski definition) is 3. The van der Waals surface area contributed by atoms with Crippen molar-refractivity contribution in [1.82, 2.24) is 10.6 Å². The summed E-state index contributed by atoms with van der Waals surface area (Å²) in [7, 11) is 1.80. The van der Waals surface area contributed by atoms with Gasteiger partial charge in [-0.25, -0.2) is 0 Å². The molecule has 5 heteroatoms. The van der Waals surface area contributed by atoms with Crippen LogP contribution in [-0.2, 0) is 0 Å². The van der Waals surface area contributed by atoms with Gasteiger partial charge in [-0.05, 0) is 31.0 Å². The Bertz CT molecular complexity index is 746. The predicted octanol–water partition coefficient (Wildman–Crippen LogP) is 3.45. The van der Waals surface area contributed by atoms with Crippen LogP contribution in [0.5, 0.6) is 11.5 Å². The number of nitrogens with one attached hydrogen (secondary N) is 2. The molecule has 0 saturated carbocycles. The largest absolute Gasteiger partial charge is 0.493 e. The number of aryl methyl sites for hydroxylation is 1. The van der Waals surface area contributed by atoms with E-state index in [0.29, 0.717) is 6.61 Å². The second-order valence-corrected chi connectivity index (χ2v) is 6.34. The Morgan fingerprint density at radius 1 is 1.19 bits per heavy atom. The highest BCUT2D eigenvalue weighted by molar-refractivity contribution is 5.80. The minimum Gasteiger partial charge on any atom is -0.493 e. The lowest BCUT2D eigenvalue weighted by Gasteiger charge is -2.28. The van der Waals surface area contributed by atoms with Gasteiger partial charge in [-0.2, -0.15) is 0 Å². The number of aliphatic imine (C=N–C) groups is 1. The van der Waals surface area contributed by atoms with Crippen LogP contribution in [0.2, 0.25) is 0 Å². The van der Waals surface area contributed by atoms with Crippen LogP contribution < -0.4 is 20.1 Å². The first-order chi connectivity index (χ1) is 12.8. The minimum atomic E-state index is 0.217. The molecule has 1 unspecified atom stereocenters. The smallest absolute Gasteiger partial charge is 0.191 e. The lowest BCUT2D eigenvalue weighted by Crippen LogP contribution is -2.41. The summed E-state index contributed by atoms with van der Waals surface area (Å²) in [5.41, 5.74) is 2.35. The van der Waals surface area contributed by atoms with Crippen LogP contribution in [0.4, 0.5) is 0 Å². The first-order valence-electron chi connectivity index (χ1n) is 9.15. The quantitative estimate of drug-likeness (QED) is 0.474. The van der Waals surface area contributed by atoms with Crippen molar-refractivity contribution in [3.8, 4) is 11.5 Å². The van der Waals surface area contributed by atoms with Gasteiger partial charge < -0.3 is 20.1 Å². The number of rotatable bonds is 6. The Hall–Kier alpha value is -2.69. The van der Waals surface area contributed by atoms with E-state index >= 15 is 0 Å². The maximum atomic E-state index is 5.83. The van der Waals surface area contributed by atoms with E-state index in [-0.39, 0.29) is 6.04 Å². The van der Waals surface area contributed by atoms with Gasteiger partial charge in [-0.15, -0.1) is 0 Å². The van der Waals surface area contributed by atoms with Crippen molar-refractivity contribution >= 4 is 5.96 Å². The summed E-state index contributed by atoms with van der Waals surface area (Å²) >= 11 is 0. The van der Waals surface area contributed by atoms with E-state index in [2.05, 4.69) is 34.7 Å². The third kappa shape index (κ3) is 4.69. The summed E-state index contributed by atoms with van der Waals surface area (Å²) < 4.78 is 11.5. The molecule has 0 radical (unpaired) electrons. The summed E-state index contributed by atoms with van der Waals surface area (Å²) in [6, 6.07) is 16.5. The molecule has 1 aliphatic heterocycles. The van der Waals surface area contributed by atoms with Gasteiger partial charge in [0.15, 0.2) is 5.96 Å². The monoisotopic (exact) mass is 353 g/mol. The number of para-hydroxylation sites is 2. The predicted molar refractivity (Wildman–Crippen MR) is 105 cm³/mol. The Morgan fingerprint density at radius 2 is 2.00 bits per heavy atom. The Morgan fingerprint density at radius 3 is 2.85 bits per heavy atom. The van der Waals surface area contributed by atoms with Crippen molar-refractivity contribution in [1.29, 1.82) is 0 Å². The van der Waals surface area contributed by atoms with Crippen molar-refractivity contribution in [2.45, 2.75) is 25.8 Å². The number of fused-ring (bicyclic) bond motifs is 1.